The average Bonchev–Trinajstić information content (AvgIpc) is 2.97. The summed E-state index contributed by atoms with van der Waals surface area (Å²) < 4.78 is 10.4. The summed E-state index contributed by atoms with van der Waals surface area (Å²) in [6, 6.07) is 9.50. The lowest BCUT2D eigenvalue weighted by molar-refractivity contribution is 0.0757. The van der Waals surface area contributed by atoms with Crippen LogP contribution >= 0.6 is 0 Å². The van der Waals surface area contributed by atoms with Crippen LogP contribution in [0, 0.1) is 0 Å². The van der Waals surface area contributed by atoms with Crippen LogP contribution in [0.5, 0.6) is 0 Å². The lowest BCUT2D eigenvalue weighted by atomic mass is 10.1. The van der Waals surface area contributed by atoms with Crippen LogP contribution in [-0.4, -0.2) is 30.3 Å². The minimum absolute atomic E-state index is 0.181. The minimum atomic E-state index is -0.181. The number of carbonyl (C=O) groups is 1. The summed E-state index contributed by atoms with van der Waals surface area (Å²) in [5.41, 5.74) is 1.87. The predicted molar refractivity (Wildman–Crippen MR) is 80.0 cm³/mol. The van der Waals surface area contributed by atoms with Gasteiger partial charge in [0.05, 0.1) is 6.10 Å². The van der Waals surface area contributed by atoms with E-state index in [2.05, 4.69) is 10.5 Å². The van der Waals surface area contributed by atoms with Gasteiger partial charge in [0.25, 0.3) is 5.91 Å². The quantitative estimate of drug-likeness (QED) is 0.796. The smallest absolute Gasteiger partial charge is 0.256 e. The van der Waals surface area contributed by atoms with E-state index in [9.17, 15) is 4.79 Å². The molecular formula is C16H20N2O3. The van der Waals surface area contributed by atoms with E-state index in [1.54, 1.807) is 0 Å². The Hall–Kier alpha value is -2.14. The largest absolute Gasteiger partial charge is 0.379 e. The van der Waals surface area contributed by atoms with Crippen molar-refractivity contribution in [1.29, 1.82) is 0 Å². The van der Waals surface area contributed by atoms with Gasteiger partial charge in [-0.3, -0.25) is 4.79 Å². The van der Waals surface area contributed by atoms with Crippen molar-refractivity contribution in [3.63, 3.8) is 0 Å². The number of aromatic nitrogens is 1. The van der Waals surface area contributed by atoms with Crippen LogP contribution in [0.4, 0.5) is 0 Å². The standard InChI is InChI=1S/C16H20N2O3/c1-12(2)20-10-6-9-17-16(19)14-11-21-18-15(14)13-7-4-3-5-8-13/h3-5,7-8,11-12H,6,9-10H2,1-2H3,(H,17,19). The number of nitrogens with zero attached hydrogens (tertiary/aromatic N) is 1. The van der Waals surface area contributed by atoms with Gasteiger partial charge in [-0.25, -0.2) is 0 Å². The lowest BCUT2D eigenvalue weighted by Gasteiger charge is -2.08. The molecule has 0 atom stereocenters. The molecule has 2 aromatic rings. The molecule has 21 heavy (non-hydrogen) atoms. The molecule has 0 aliphatic rings. The Balaban J connectivity index is 1.91. The van der Waals surface area contributed by atoms with Gasteiger partial charge in [-0.15, -0.1) is 0 Å². The van der Waals surface area contributed by atoms with Crippen molar-refractivity contribution < 1.29 is 14.1 Å². The second kappa shape index (κ2) is 7.59. The molecule has 0 unspecified atom stereocenters. The van der Waals surface area contributed by atoms with Crippen molar-refractivity contribution in [3.8, 4) is 11.3 Å². The van der Waals surface area contributed by atoms with Gasteiger partial charge in [-0.2, -0.15) is 0 Å². The number of hydrogen-bond donors (Lipinski definition) is 1. The summed E-state index contributed by atoms with van der Waals surface area (Å²) in [6.07, 6.45) is 2.36. The molecule has 0 radical (unpaired) electrons. The number of benzene rings is 1. The topological polar surface area (TPSA) is 64.4 Å². The third kappa shape index (κ3) is 4.43. The highest BCUT2D eigenvalue weighted by Crippen LogP contribution is 2.21. The number of rotatable bonds is 7. The van der Waals surface area contributed by atoms with Gasteiger partial charge >= 0.3 is 0 Å². The molecule has 1 N–H and O–H groups in total. The Morgan fingerprint density at radius 2 is 2.10 bits per heavy atom. The molecule has 2 rings (SSSR count). The minimum Gasteiger partial charge on any atom is -0.379 e. The van der Waals surface area contributed by atoms with Crippen molar-refractivity contribution in [3.05, 3.63) is 42.2 Å². The van der Waals surface area contributed by atoms with Crippen LogP contribution in [0.15, 0.2) is 41.1 Å². The van der Waals surface area contributed by atoms with E-state index in [-0.39, 0.29) is 12.0 Å². The predicted octanol–water partition coefficient (Wildman–Crippen LogP) is 2.89. The van der Waals surface area contributed by atoms with Crippen molar-refractivity contribution in [2.24, 2.45) is 0 Å². The van der Waals surface area contributed by atoms with E-state index in [0.29, 0.717) is 24.4 Å². The monoisotopic (exact) mass is 288 g/mol. The third-order valence-corrected chi connectivity index (χ3v) is 2.92. The SMILES string of the molecule is CC(C)OCCCNC(=O)c1conc1-c1ccccc1. The van der Waals surface area contributed by atoms with Crippen molar-refractivity contribution in [1.82, 2.24) is 10.5 Å². The molecular weight excluding hydrogens is 268 g/mol. The van der Waals surface area contributed by atoms with Gasteiger partial charge in [0, 0.05) is 18.7 Å². The van der Waals surface area contributed by atoms with E-state index in [1.807, 2.05) is 44.2 Å². The molecule has 1 aromatic heterocycles. The first-order chi connectivity index (χ1) is 10.2. The van der Waals surface area contributed by atoms with Crippen LogP contribution in [0.3, 0.4) is 0 Å². The second-order valence-corrected chi connectivity index (χ2v) is 4.97. The van der Waals surface area contributed by atoms with E-state index in [1.165, 1.54) is 6.26 Å². The number of carbonyl (C=O) groups excluding carboxylic acids is 1. The first-order valence-electron chi connectivity index (χ1n) is 7.08. The van der Waals surface area contributed by atoms with Gasteiger partial charge in [-0.1, -0.05) is 35.5 Å². The maximum Gasteiger partial charge on any atom is 0.256 e. The third-order valence-electron chi connectivity index (χ3n) is 2.92. The highest BCUT2D eigenvalue weighted by atomic mass is 16.5. The van der Waals surface area contributed by atoms with Gasteiger partial charge in [-0.05, 0) is 20.3 Å². The van der Waals surface area contributed by atoms with Gasteiger partial charge < -0.3 is 14.6 Å². The first kappa shape index (κ1) is 15.3. The molecule has 0 aliphatic heterocycles. The number of amides is 1. The molecule has 1 heterocycles. The Kier molecular flexibility index (Phi) is 5.51. The van der Waals surface area contributed by atoms with E-state index in [0.717, 1.165) is 12.0 Å². The number of hydrogen-bond acceptors (Lipinski definition) is 4. The summed E-state index contributed by atoms with van der Waals surface area (Å²) in [7, 11) is 0. The second-order valence-electron chi connectivity index (χ2n) is 4.97. The average molecular weight is 288 g/mol. The Morgan fingerprint density at radius 1 is 1.33 bits per heavy atom. The number of ether oxygens (including phenoxy) is 1. The van der Waals surface area contributed by atoms with Crippen LogP contribution in [-0.2, 0) is 4.74 Å². The van der Waals surface area contributed by atoms with Gasteiger partial charge in [0.1, 0.15) is 17.5 Å². The van der Waals surface area contributed by atoms with Crippen LogP contribution < -0.4 is 5.32 Å². The van der Waals surface area contributed by atoms with E-state index in [4.69, 9.17) is 9.26 Å². The van der Waals surface area contributed by atoms with Gasteiger partial charge in [0.2, 0.25) is 0 Å². The summed E-state index contributed by atoms with van der Waals surface area (Å²) in [5, 5.41) is 6.76. The summed E-state index contributed by atoms with van der Waals surface area (Å²) >= 11 is 0. The zero-order valence-corrected chi connectivity index (χ0v) is 12.3. The molecule has 0 saturated carbocycles. The molecule has 1 amide bonds. The Morgan fingerprint density at radius 3 is 2.81 bits per heavy atom. The highest BCUT2D eigenvalue weighted by Gasteiger charge is 2.16. The van der Waals surface area contributed by atoms with Crippen molar-refractivity contribution >= 4 is 5.91 Å². The van der Waals surface area contributed by atoms with E-state index >= 15 is 0 Å². The lowest BCUT2D eigenvalue weighted by Crippen LogP contribution is -2.25. The molecule has 0 aliphatic carbocycles. The molecule has 1 aromatic carbocycles. The first-order valence-corrected chi connectivity index (χ1v) is 7.08. The Bertz CT molecular complexity index is 564. The fourth-order valence-electron chi connectivity index (χ4n) is 1.89. The zero-order valence-electron chi connectivity index (χ0n) is 12.3. The zero-order chi connectivity index (χ0) is 15.1. The number of nitrogens with one attached hydrogen (secondary N) is 1. The van der Waals surface area contributed by atoms with Gasteiger partial charge in [0.15, 0.2) is 0 Å². The van der Waals surface area contributed by atoms with Crippen LogP contribution in [0.2, 0.25) is 0 Å². The molecule has 112 valence electrons. The van der Waals surface area contributed by atoms with Crippen LogP contribution in [0.1, 0.15) is 30.6 Å². The molecule has 0 saturated heterocycles. The molecule has 5 nitrogen and oxygen atoms in total. The maximum atomic E-state index is 12.1. The fraction of sp³-hybridized carbons (Fsp3) is 0.375. The summed E-state index contributed by atoms with van der Waals surface area (Å²) in [4.78, 5) is 12.1. The van der Waals surface area contributed by atoms with Crippen molar-refractivity contribution in [2.45, 2.75) is 26.4 Å². The maximum absolute atomic E-state index is 12.1. The fourth-order valence-corrected chi connectivity index (χ4v) is 1.89. The molecule has 0 spiro atoms. The van der Waals surface area contributed by atoms with E-state index < -0.39 is 0 Å². The molecule has 0 bridgehead atoms. The molecule has 5 heteroatoms. The molecule has 0 fully saturated rings. The highest BCUT2D eigenvalue weighted by molar-refractivity contribution is 5.99. The summed E-state index contributed by atoms with van der Waals surface area (Å²) in [6.45, 7) is 5.17. The normalized spacial score (nSPS) is 10.8. The van der Waals surface area contributed by atoms with Crippen molar-refractivity contribution in [2.75, 3.05) is 13.2 Å². The van der Waals surface area contributed by atoms with Crippen LogP contribution in [0.25, 0.3) is 11.3 Å². The summed E-state index contributed by atoms with van der Waals surface area (Å²) in [5.74, 6) is -0.181. The Labute approximate surface area is 124 Å².